The minimum Gasteiger partial charge on any atom is -0.351 e. The molecule has 4 amide bonds. The van der Waals surface area contributed by atoms with E-state index in [9.17, 15) is 32.3 Å². The molecule has 0 aromatic rings. The Hall–Kier alpha value is -2.37. The SMILES string of the molecule is CNC(CC1CC(C)(C)NC1=O)NC(=O)C1C2CCCC2CN1C(=O)C(NC(=O)C(F)(F)F)C(C)(C)C. The largest absolute Gasteiger partial charge is 0.471 e. The number of carbonyl (C=O) groups excluding carboxylic acids is 4. The van der Waals surface area contributed by atoms with Crippen LogP contribution in [0.3, 0.4) is 0 Å². The molecule has 2 heterocycles. The Balaban J connectivity index is 1.80. The number of fused-ring (bicyclic) bond motifs is 1. The summed E-state index contributed by atoms with van der Waals surface area (Å²) < 4.78 is 39.1. The zero-order valence-electron chi connectivity index (χ0n) is 22.4. The average molecular weight is 532 g/mol. The van der Waals surface area contributed by atoms with Crippen LogP contribution in [-0.2, 0) is 19.2 Å². The lowest BCUT2D eigenvalue weighted by molar-refractivity contribution is -0.176. The van der Waals surface area contributed by atoms with E-state index in [4.69, 9.17) is 0 Å². The molecule has 4 N–H and O–H groups in total. The van der Waals surface area contributed by atoms with Crippen molar-refractivity contribution in [1.82, 2.24) is 26.2 Å². The molecular weight excluding hydrogens is 491 g/mol. The van der Waals surface area contributed by atoms with Gasteiger partial charge in [0.2, 0.25) is 17.7 Å². The summed E-state index contributed by atoms with van der Waals surface area (Å²) in [6, 6.07) is -2.32. The minimum absolute atomic E-state index is 0.0630. The normalized spacial score (nSPS) is 28.9. The van der Waals surface area contributed by atoms with E-state index in [0.29, 0.717) is 12.8 Å². The molecule has 3 rings (SSSR count). The standard InChI is InChI=1S/C25H40F3N5O4/c1-23(2,3)18(31-22(37)25(26,27)28)21(36)33-12-13-8-7-9-15(13)17(33)20(35)30-16(29-6)10-14-11-24(4,5)32-19(14)34/h13-18,29H,7-12H2,1-6H3,(H,30,35)(H,31,37)(H,32,34). The Labute approximate surface area is 216 Å². The molecule has 37 heavy (non-hydrogen) atoms. The Bertz CT molecular complexity index is 917. The topological polar surface area (TPSA) is 120 Å². The fourth-order valence-corrected chi connectivity index (χ4v) is 6.07. The van der Waals surface area contributed by atoms with Gasteiger partial charge in [0, 0.05) is 18.0 Å². The van der Waals surface area contributed by atoms with Gasteiger partial charge in [-0.1, -0.05) is 27.2 Å². The molecule has 3 fully saturated rings. The average Bonchev–Trinajstić information content (AvgIpc) is 3.41. The van der Waals surface area contributed by atoms with Crippen molar-refractivity contribution in [3.05, 3.63) is 0 Å². The van der Waals surface area contributed by atoms with Gasteiger partial charge in [-0.15, -0.1) is 0 Å². The number of nitrogens with one attached hydrogen (secondary N) is 4. The first-order valence-electron chi connectivity index (χ1n) is 12.9. The van der Waals surface area contributed by atoms with Crippen LogP contribution in [0, 0.1) is 23.2 Å². The number of amides is 4. The summed E-state index contributed by atoms with van der Waals surface area (Å²) in [5, 5.41) is 10.8. The lowest BCUT2D eigenvalue weighted by atomic mass is 9.85. The molecule has 0 spiro atoms. The maximum atomic E-state index is 13.6. The smallest absolute Gasteiger partial charge is 0.351 e. The van der Waals surface area contributed by atoms with Crippen LogP contribution in [0.25, 0.3) is 0 Å². The molecule has 0 aromatic heterocycles. The Morgan fingerprint density at radius 1 is 1.14 bits per heavy atom. The van der Waals surface area contributed by atoms with E-state index in [1.165, 1.54) is 4.90 Å². The summed E-state index contributed by atoms with van der Waals surface area (Å²) in [5.41, 5.74) is -1.36. The summed E-state index contributed by atoms with van der Waals surface area (Å²) >= 11 is 0. The van der Waals surface area contributed by atoms with E-state index in [1.807, 2.05) is 19.2 Å². The van der Waals surface area contributed by atoms with Crippen molar-refractivity contribution in [3.8, 4) is 0 Å². The third-order valence-corrected chi connectivity index (χ3v) is 7.86. The van der Waals surface area contributed by atoms with Crippen LogP contribution in [-0.4, -0.2) is 72.1 Å². The molecule has 0 aromatic carbocycles. The molecule has 1 aliphatic carbocycles. The molecule has 6 unspecified atom stereocenters. The fourth-order valence-electron chi connectivity index (χ4n) is 6.07. The molecule has 2 aliphatic heterocycles. The molecular formula is C25H40F3N5O4. The van der Waals surface area contributed by atoms with Crippen molar-refractivity contribution in [3.63, 3.8) is 0 Å². The summed E-state index contributed by atoms with van der Waals surface area (Å²) in [7, 11) is 1.67. The highest BCUT2D eigenvalue weighted by atomic mass is 19.4. The van der Waals surface area contributed by atoms with Crippen LogP contribution in [0.2, 0.25) is 0 Å². The van der Waals surface area contributed by atoms with E-state index >= 15 is 0 Å². The van der Waals surface area contributed by atoms with E-state index < -0.39 is 47.6 Å². The number of carbonyl (C=O) groups is 4. The Kier molecular flexibility index (Phi) is 8.22. The van der Waals surface area contributed by atoms with E-state index in [-0.39, 0.29) is 35.7 Å². The van der Waals surface area contributed by atoms with Gasteiger partial charge in [-0.2, -0.15) is 13.2 Å². The van der Waals surface area contributed by atoms with Crippen LogP contribution in [0.15, 0.2) is 0 Å². The number of alkyl halides is 3. The Morgan fingerprint density at radius 2 is 1.78 bits per heavy atom. The fraction of sp³-hybridized carbons (Fsp3) is 0.840. The lowest BCUT2D eigenvalue weighted by Crippen LogP contribution is -2.61. The van der Waals surface area contributed by atoms with Crippen molar-refractivity contribution in [2.75, 3.05) is 13.6 Å². The second-order valence-electron chi connectivity index (χ2n) is 12.4. The molecule has 2 saturated heterocycles. The van der Waals surface area contributed by atoms with Gasteiger partial charge in [0.05, 0.1) is 6.17 Å². The first kappa shape index (κ1) is 29.2. The highest BCUT2D eigenvalue weighted by Gasteiger charge is 2.53. The van der Waals surface area contributed by atoms with Gasteiger partial charge in [0.25, 0.3) is 0 Å². The molecule has 0 radical (unpaired) electrons. The monoisotopic (exact) mass is 531 g/mol. The number of hydrogen-bond donors (Lipinski definition) is 4. The predicted molar refractivity (Wildman–Crippen MR) is 130 cm³/mol. The summed E-state index contributed by atoms with van der Waals surface area (Å²) in [6.45, 7) is 8.84. The molecule has 3 aliphatic rings. The van der Waals surface area contributed by atoms with Crippen molar-refractivity contribution in [2.24, 2.45) is 23.2 Å². The predicted octanol–water partition coefficient (Wildman–Crippen LogP) is 1.67. The van der Waals surface area contributed by atoms with E-state index in [2.05, 4.69) is 16.0 Å². The molecule has 9 nitrogen and oxygen atoms in total. The van der Waals surface area contributed by atoms with Gasteiger partial charge < -0.3 is 26.2 Å². The van der Waals surface area contributed by atoms with E-state index in [1.54, 1.807) is 27.8 Å². The number of hydrogen-bond acceptors (Lipinski definition) is 5. The quantitative estimate of drug-likeness (QED) is 0.373. The van der Waals surface area contributed by atoms with Gasteiger partial charge in [0.1, 0.15) is 12.1 Å². The molecule has 12 heteroatoms. The number of halogens is 3. The molecule has 0 bridgehead atoms. The number of rotatable bonds is 7. The van der Waals surface area contributed by atoms with Crippen molar-refractivity contribution < 1.29 is 32.3 Å². The zero-order chi connectivity index (χ0) is 27.9. The first-order chi connectivity index (χ1) is 16.9. The second-order valence-corrected chi connectivity index (χ2v) is 12.4. The van der Waals surface area contributed by atoms with Crippen molar-refractivity contribution in [2.45, 2.75) is 96.7 Å². The van der Waals surface area contributed by atoms with Gasteiger partial charge in [-0.05, 0) is 63.8 Å². The highest BCUT2D eigenvalue weighted by molar-refractivity contribution is 5.94. The molecule has 1 saturated carbocycles. The highest BCUT2D eigenvalue weighted by Crippen LogP contribution is 2.43. The van der Waals surface area contributed by atoms with Gasteiger partial charge >= 0.3 is 12.1 Å². The minimum atomic E-state index is -5.14. The van der Waals surface area contributed by atoms with Gasteiger partial charge in [0.15, 0.2) is 0 Å². The van der Waals surface area contributed by atoms with Crippen molar-refractivity contribution >= 4 is 23.6 Å². The third kappa shape index (κ3) is 6.56. The first-order valence-corrected chi connectivity index (χ1v) is 12.9. The third-order valence-electron chi connectivity index (χ3n) is 7.86. The van der Waals surface area contributed by atoms with E-state index in [0.717, 1.165) is 19.3 Å². The van der Waals surface area contributed by atoms with Crippen LogP contribution in [0.4, 0.5) is 13.2 Å². The van der Waals surface area contributed by atoms with Crippen LogP contribution in [0.5, 0.6) is 0 Å². The second kappa shape index (κ2) is 10.4. The summed E-state index contributed by atoms with van der Waals surface area (Å²) in [4.78, 5) is 52.7. The van der Waals surface area contributed by atoms with Gasteiger partial charge in [-0.25, -0.2) is 0 Å². The zero-order valence-corrected chi connectivity index (χ0v) is 22.4. The number of nitrogens with zero attached hydrogens (tertiary/aromatic N) is 1. The summed E-state index contributed by atoms with van der Waals surface area (Å²) in [5.74, 6) is -3.72. The lowest BCUT2D eigenvalue weighted by Gasteiger charge is -2.36. The van der Waals surface area contributed by atoms with Gasteiger partial charge in [-0.3, -0.25) is 19.2 Å². The summed E-state index contributed by atoms with van der Waals surface area (Å²) in [6.07, 6.45) is -2.24. The van der Waals surface area contributed by atoms with Crippen molar-refractivity contribution in [1.29, 1.82) is 0 Å². The maximum absolute atomic E-state index is 13.6. The maximum Gasteiger partial charge on any atom is 0.471 e. The molecule has 210 valence electrons. The molecule has 6 atom stereocenters. The van der Waals surface area contributed by atoms with Crippen LogP contribution >= 0.6 is 0 Å². The van der Waals surface area contributed by atoms with Crippen LogP contribution < -0.4 is 21.3 Å². The Morgan fingerprint density at radius 3 is 2.30 bits per heavy atom. The number of likely N-dealkylation sites (tertiary alicyclic amines) is 1. The van der Waals surface area contributed by atoms with Crippen LogP contribution in [0.1, 0.15) is 66.7 Å².